The van der Waals surface area contributed by atoms with Crippen LogP contribution in [-0.2, 0) is 12.6 Å². The Labute approximate surface area is 204 Å². The maximum Gasteiger partial charge on any atom is 0.416 e. The van der Waals surface area contributed by atoms with Crippen LogP contribution in [0.1, 0.15) is 40.8 Å². The van der Waals surface area contributed by atoms with Gasteiger partial charge in [-0.05, 0) is 36.8 Å². The number of aryl methyl sites for hydroxylation is 1. The van der Waals surface area contributed by atoms with Crippen LogP contribution in [0.2, 0.25) is 10.0 Å². The van der Waals surface area contributed by atoms with E-state index in [1.807, 2.05) is 13.0 Å². The van der Waals surface area contributed by atoms with Gasteiger partial charge in [-0.2, -0.15) is 18.3 Å². The summed E-state index contributed by atoms with van der Waals surface area (Å²) in [5.74, 6) is -0.399. The smallest absolute Gasteiger partial charge is 0.416 e. The van der Waals surface area contributed by atoms with Gasteiger partial charge in [0.1, 0.15) is 5.75 Å². The molecule has 0 aliphatic heterocycles. The third kappa shape index (κ3) is 4.16. The van der Waals surface area contributed by atoms with Crippen molar-refractivity contribution in [2.75, 3.05) is 19.0 Å². The van der Waals surface area contributed by atoms with E-state index in [0.717, 1.165) is 23.2 Å². The molecule has 178 valence electrons. The number of hydrogen-bond acceptors (Lipinski definition) is 4. The van der Waals surface area contributed by atoms with Gasteiger partial charge in [-0.3, -0.25) is 10.1 Å². The Morgan fingerprint density at radius 3 is 2.32 bits per heavy atom. The molecule has 5 nitrogen and oxygen atoms in total. The minimum absolute atomic E-state index is 0.0869. The van der Waals surface area contributed by atoms with E-state index in [9.17, 15) is 18.3 Å². The lowest BCUT2D eigenvalue weighted by molar-refractivity contribution is -0.137. The fourth-order valence-corrected chi connectivity index (χ4v) is 4.89. The van der Waals surface area contributed by atoms with Crippen molar-refractivity contribution in [3.8, 4) is 5.75 Å². The van der Waals surface area contributed by atoms with Crippen molar-refractivity contribution in [1.82, 2.24) is 15.2 Å². The molecular weight excluding hydrogens is 488 g/mol. The number of alkyl halides is 3. The molecule has 1 atom stereocenters. The number of benzene rings is 2. The van der Waals surface area contributed by atoms with Crippen molar-refractivity contribution in [1.29, 1.82) is 0 Å². The van der Waals surface area contributed by atoms with Gasteiger partial charge in [-0.1, -0.05) is 36.2 Å². The molecule has 0 radical (unpaired) electrons. The first-order valence-electron chi connectivity index (χ1n) is 10.4. The van der Waals surface area contributed by atoms with Gasteiger partial charge in [-0.25, -0.2) is 0 Å². The van der Waals surface area contributed by atoms with Crippen LogP contribution in [0.4, 0.5) is 19.0 Å². The number of aromatic hydroxyl groups is 1. The molecule has 0 fully saturated rings. The lowest BCUT2D eigenvalue weighted by Gasteiger charge is -2.26. The van der Waals surface area contributed by atoms with E-state index >= 15 is 0 Å². The van der Waals surface area contributed by atoms with Gasteiger partial charge in [-0.15, -0.1) is 0 Å². The fraction of sp³-hybridized carbons (Fsp3) is 0.250. The number of halogens is 5. The second-order valence-electron chi connectivity index (χ2n) is 8.05. The van der Waals surface area contributed by atoms with Crippen molar-refractivity contribution in [2.24, 2.45) is 0 Å². The van der Waals surface area contributed by atoms with E-state index in [0.29, 0.717) is 28.9 Å². The summed E-state index contributed by atoms with van der Waals surface area (Å²) in [7, 11) is 3.60. The summed E-state index contributed by atoms with van der Waals surface area (Å²) in [5.41, 5.74) is 1.50. The normalized spacial score (nSPS) is 12.8. The molecule has 0 aliphatic rings. The number of aromatic nitrogens is 3. The Kier molecular flexibility index (Phi) is 6.40. The zero-order valence-corrected chi connectivity index (χ0v) is 20.0. The number of H-pyrrole nitrogens is 1. The number of aromatic amines is 1. The highest BCUT2D eigenvalue weighted by molar-refractivity contribution is 6.36. The van der Waals surface area contributed by atoms with E-state index in [1.165, 1.54) is 6.07 Å². The minimum atomic E-state index is -4.62. The number of fused-ring (bicyclic) bond motifs is 1. The third-order valence-electron chi connectivity index (χ3n) is 5.70. The van der Waals surface area contributed by atoms with Gasteiger partial charge in [0.05, 0.1) is 11.1 Å². The number of nitrogens with zero attached hydrogens (tertiary/aromatic N) is 3. The molecule has 0 saturated carbocycles. The Balaban J connectivity index is 2.15. The van der Waals surface area contributed by atoms with Gasteiger partial charge in [0, 0.05) is 64.0 Å². The zero-order valence-electron chi connectivity index (χ0n) is 18.5. The zero-order chi connectivity index (χ0) is 24.8. The Morgan fingerprint density at radius 1 is 1.06 bits per heavy atom. The molecule has 0 spiro atoms. The van der Waals surface area contributed by atoms with Crippen LogP contribution in [0, 0.1) is 0 Å². The number of phenols is 1. The average Bonchev–Trinajstić information content (AvgIpc) is 3.20. The van der Waals surface area contributed by atoms with E-state index in [1.54, 1.807) is 37.3 Å². The van der Waals surface area contributed by atoms with Crippen molar-refractivity contribution < 1.29 is 18.3 Å². The quantitative estimate of drug-likeness (QED) is 0.311. The molecular formula is C24H21Cl2F3N4O. The SMILES string of the molecule is CCc1[nH]nc(N(C)C)c1C(c1c(Cl)cc(C(F)(F)F)cc1Cl)c1c(O)ccc2cccnc12. The summed E-state index contributed by atoms with van der Waals surface area (Å²) in [6.45, 7) is 1.92. The van der Waals surface area contributed by atoms with Crippen LogP contribution in [0.25, 0.3) is 10.9 Å². The first-order valence-corrected chi connectivity index (χ1v) is 11.2. The molecule has 2 heterocycles. The highest BCUT2D eigenvalue weighted by Crippen LogP contribution is 2.49. The molecule has 2 aromatic carbocycles. The van der Waals surface area contributed by atoms with Crippen LogP contribution >= 0.6 is 23.2 Å². The monoisotopic (exact) mass is 508 g/mol. The highest BCUT2D eigenvalue weighted by atomic mass is 35.5. The van der Waals surface area contributed by atoms with E-state index in [4.69, 9.17) is 23.2 Å². The second kappa shape index (κ2) is 9.00. The van der Waals surface area contributed by atoms with Gasteiger partial charge < -0.3 is 10.0 Å². The molecule has 0 aliphatic carbocycles. The maximum absolute atomic E-state index is 13.4. The summed E-state index contributed by atoms with van der Waals surface area (Å²) < 4.78 is 40.3. The first kappa shape index (κ1) is 24.2. The molecule has 4 aromatic rings. The van der Waals surface area contributed by atoms with Crippen molar-refractivity contribution in [3.63, 3.8) is 0 Å². The molecule has 34 heavy (non-hydrogen) atoms. The number of anilines is 1. The van der Waals surface area contributed by atoms with Gasteiger partial charge in [0.25, 0.3) is 0 Å². The first-order chi connectivity index (χ1) is 16.0. The molecule has 2 N–H and O–H groups in total. The second-order valence-corrected chi connectivity index (χ2v) is 8.86. The molecule has 0 saturated heterocycles. The molecule has 2 aromatic heterocycles. The predicted molar refractivity (Wildman–Crippen MR) is 128 cm³/mol. The molecule has 0 bridgehead atoms. The topological polar surface area (TPSA) is 65.0 Å². The van der Waals surface area contributed by atoms with Crippen molar-refractivity contribution in [3.05, 3.63) is 80.6 Å². The summed E-state index contributed by atoms with van der Waals surface area (Å²) in [5, 5.41) is 18.9. The third-order valence-corrected chi connectivity index (χ3v) is 6.33. The van der Waals surface area contributed by atoms with E-state index in [2.05, 4.69) is 15.2 Å². The van der Waals surface area contributed by atoms with Crippen molar-refractivity contribution >= 4 is 39.9 Å². The number of hydrogen-bond donors (Lipinski definition) is 2. The predicted octanol–water partition coefficient (Wildman–Crippen LogP) is 6.80. The number of phenolic OH excluding ortho intramolecular Hbond substituents is 1. The van der Waals surface area contributed by atoms with E-state index < -0.39 is 17.7 Å². The lowest BCUT2D eigenvalue weighted by atomic mass is 9.82. The molecule has 0 amide bonds. The van der Waals surface area contributed by atoms with E-state index in [-0.39, 0.29) is 21.4 Å². The summed E-state index contributed by atoms with van der Waals surface area (Å²) in [6.07, 6.45) is -2.49. The average molecular weight is 509 g/mol. The van der Waals surface area contributed by atoms with Crippen LogP contribution < -0.4 is 4.90 Å². The Hall–Kier alpha value is -2.97. The number of nitrogens with one attached hydrogen (secondary N) is 1. The Morgan fingerprint density at radius 2 is 1.74 bits per heavy atom. The highest BCUT2D eigenvalue weighted by Gasteiger charge is 2.36. The number of pyridine rings is 1. The largest absolute Gasteiger partial charge is 0.508 e. The summed E-state index contributed by atoms with van der Waals surface area (Å²) in [4.78, 5) is 6.25. The number of rotatable bonds is 5. The molecule has 1 unspecified atom stereocenters. The fourth-order valence-electron chi connectivity index (χ4n) is 4.19. The van der Waals surface area contributed by atoms with Crippen LogP contribution in [0.3, 0.4) is 0 Å². The lowest BCUT2D eigenvalue weighted by Crippen LogP contribution is -2.16. The molecule has 4 rings (SSSR count). The van der Waals surface area contributed by atoms with Gasteiger partial charge in [0.2, 0.25) is 0 Å². The summed E-state index contributed by atoms with van der Waals surface area (Å²) >= 11 is 13.0. The van der Waals surface area contributed by atoms with Gasteiger partial charge in [0.15, 0.2) is 5.82 Å². The van der Waals surface area contributed by atoms with Crippen LogP contribution in [0.15, 0.2) is 42.6 Å². The summed E-state index contributed by atoms with van der Waals surface area (Å²) in [6, 6.07) is 8.55. The van der Waals surface area contributed by atoms with Crippen molar-refractivity contribution in [2.45, 2.75) is 25.4 Å². The van der Waals surface area contributed by atoms with Gasteiger partial charge >= 0.3 is 6.18 Å². The minimum Gasteiger partial charge on any atom is -0.508 e. The maximum atomic E-state index is 13.4. The van der Waals surface area contributed by atoms with Crippen LogP contribution in [0.5, 0.6) is 5.75 Å². The molecule has 10 heteroatoms. The Bertz CT molecular complexity index is 1350. The van der Waals surface area contributed by atoms with Crippen LogP contribution in [-0.4, -0.2) is 34.4 Å². The standard InChI is InChI=1S/C24H21Cl2F3N4O/c1-4-16-19(23(32-31-16)33(2)3)21(18-14(25)10-13(11-15(18)26)24(27,28)29)20-17(34)8-7-12-6-5-9-30-22(12)20/h5-11,21,34H,4H2,1-3H3,(H,31,32).